The monoisotopic (exact) mass is 283 g/mol. The van der Waals surface area contributed by atoms with Crippen molar-refractivity contribution >= 4 is 5.91 Å². The van der Waals surface area contributed by atoms with Crippen molar-refractivity contribution in [1.82, 2.24) is 15.4 Å². The summed E-state index contributed by atoms with van der Waals surface area (Å²) in [6.45, 7) is 9.75. The lowest BCUT2D eigenvalue weighted by molar-refractivity contribution is 0.0929. The number of carbonyl (C=O) groups is 1. The van der Waals surface area contributed by atoms with E-state index < -0.39 is 0 Å². The maximum atomic E-state index is 12.0. The molecule has 1 rings (SSSR count). The molecule has 0 unspecified atom stereocenters. The van der Waals surface area contributed by atoms with Gasteiger partial charge in [0, 0.05) is 12.1 Å². The highest BCUT2D eigenvalue weighted by atomic mass is 16.6. The molecule has 0 bridgehead atoms. The van der Waals surface area contributed by atoms with Crippen molar-refractivity contribution in [2.45, 2.75) is 39.7 Å². The highest BCUT2D eigenvalue weighted by Crippen LogP contribution is 2.20. The van der Waals surface area contributed by atoms with Gasteiger partial charge in [0.2, 0.25) is 0 Å². The fourth-order valence-electron chi connectivity index (χ4n) is 1.91. The largest absolute Gasteiger partial charge is 0.467 e. The molecule has 0 aliphatic heterocycles. The van der Waals surface area contributed by atoms with Crippen molar-refractivity contribution in [3.63, 3.8) is 0 Å². The molecule has 0 atom stereocenters. The summed E-state index contributed by atoms with van der Waals surface area (Å²) >= 11 is 0. The van der Waals surface area contributed by atoms with Gasteiger partial charge < -0.3 is 19.5 Å². The summed E-state index contributed by atoms with van der Waals surface area (Å²) in [5.74, 6) is 0.0469. The third-order valence-electron chi connectivity index (χ3n) is 3.81. The lowest BCUT2D eigenvalue weighted by Crippen LogP contribution is -2.43. The van der Waals surface area contributed by atoms with Gasteiger partial charge in [0.05, 0.1) is 12.7 Å². The summed E-state index contributed by atoms with van der Waals surface area (Å²) in [6, 6.07) is 0. The maximum absolute atomic E-state index is 12.0. The summed E-state index contributed by atoms with van der Waals surface area (Å²) in [7, 11) is 3.56. The van der Waals surface area contributed by atoms with Crippen LogP contribution in [0.3, 0.4) is 0 Å². The Bertz CT molecular complexity index is 455. The molecule has 0 aromatic carbocycles. The first-order valence-electron chi connectivity index (χ1n) is 6.83. The average molecular weight is 283 g/mol. The first-order valence-corrected chi connectivity index (χ1v) is 6.83. The summed E-state index contributed by atoms with van der Waals surface area (Å²) in [5, 5.41) is 6.60. The van der Waals surface area contributed by atoms with Crippen LogP contribution >= 0.6 is 0 Å². The Labute approximate surface area is 120 Å². The zero-order valence-electron chi connectivity index (χ0n) is 13.2. The number of hydrogen-bond donors (Lipinski definition) is 1. The van der Waals surface area contributed by atoms with Gasteiger partial charge >= 0.3 is 5.95 Å². The molecule has 6 nitrogen and oxygen atoms in total. The van der Waals surface area contributed by atoms with Gasteiger partial charge in [0.15, 0.2) is 5.69 Å². The van der Waals surface area contributed by atoms with Crippen LogP contribution in [-0.2, 0) is 0 Å². The third kappa shape index (κ3) is 3.72. The Balaban J connectivity index is 2.54. The Hall–Kier alpha value is -1.56. The number of rotatable bonds is 7. The van der Waals surface area contributed by atoms with Crippen LogP contribution in [0.1, 0.15) is 43.2 Å². The molecule has 1 aromatic rings. The van der Waals surface area contributed by atoms with Crippen LogP contribution in [0.15, 0.2) is 4.52 Å². The van der Waals surface area contributed by atoms with E-state index in [1.165, 1.54) is 7.11 Å². The lowest BCUT2D eigenvalue weighted by Gasteiger charge is -2.35. The van der Waals surface area contributed by atoms with Gasteiger partial charge in [-0.3, -0.25) is 4.79 Å². The van der Waals surface area contributed by atoms with Crippen molar-refractivity contribution in [2.75, 3.05) is 27.2 Å². The molecule has 0 aliphatic carbocycles. The molecule has 114 valence electrons. The standard InChI is InChI=1S/C14H25N3O3/c1-7-17(5)14(3,4)8-9-15-12(18)11-10(2)13(19-6)20-16-11/h7-9H2,1-6H3,(H,15,18). The normalized spacial score (nSPS) is 11.8. The molecule has 1 amide bonds. The van der Waals surface area contributed by atoms with E-state index in [9.17, 15) is 4.79 Å². The molecule has 20 heavy (non-hydrogen) atoms. The predicted octanol–water partition coefficient (Wildman–Crippen LogP) is 1.84. The molecule has 1 aromatic heterocycles. The third-order valence-corrected chi connectivity index (χ3v) is 3.81. The molecule has 0 fully saturated rings. The molecule has 0 saturated carbocycles. The van der Waals surface area contributed by atoms with E-state index in [0.29, 0.717) is 12.1 Å². The summed E-state index contributed by atoms with van der Waals surface area (Å²) in [5.41, 5.74) is 0.942. The first-order chi connectivity index (χ1) is 9.33. The fraction of sp³-hybridized carbons (Fsp3) is 0.714. The highest BCUT2D eigenvalue weighted by Gasteiger charge is 2.23. The van der Waals surface area contributed by atoms with Crippen LogP contribution in [0.2, 0.25) is 0 Å². The summed E-state index contributed by atoms with van der Waals surface area (Å²) < 4.78 is 9.89. The van der Waals surface area contributed by atoms with E-state index >= 15 is 0 Å². The van der Waals surface area contributed by atoms with Gasteiger partial charge in [-0.05, 0) is 40.8 Å². The van der Waals surface area contributed by atoms with Crippen LogP contribution in [-0.4, -0.2) is 48.7 Å². The van der Waals surface area contributed by atoms with Gasteiger partial charge in [-0.25, -0.2) is 0 Å². The Morgan fingerprint density at radius 1 is 1.50 bits per heavy atom. The Morgan fingerprint density at radius 3 is 2.65 bits per heavy atom. The second-order valence-electron chi connectivity index (χ2n) is 5.48. The molecular weight excluding hydrogens is 258 g/mol. The minimum absolute atomic E-state index is 0.0403. The van der Waals surface area contributed by atoms with E-state index in [1.807, 2.05) is 0 Å². The first kappa shape index (κ1) is 16.5. The zero-order valence-corrected chi connectivity index (χ0v) is 13.2. The van der Waals surface area contributed by atoms with E-state index in [-0.39, 0.29) is 23.1 Å². The number of nitrogens with one attached hydrogen (secondary N) is 1. The van der Waals surface area contributed by atoms with Crippen LogP contribution in [0, 0.1) is 6.92 Å². The number of carbonyl (C=O) groups excluding carboxylic acids is 1. The van der Waals surface area contributed by atoms with Gasteiger partial charge in [0.25, 0.3) is 5.91 Å². The van der Waals surface area contributed by atoms with Crippen molar-refractivity contribution in [2.24, 2.45) is 0 Å². The molecule has 1 heterocycles. The van der Waals surface area contributed by atoms with Crippen molar-refractivity contribution in [3.05, 3.63) is 11.3 Å². The molecule has 6 heteroatoms. The topological polar surface area (TPSA) is 67.6 Å². The Morgan fingerprint density at radius 2 is 2.15 bits per heavy atom. The molecule has 0 saturated heterocycles. The molecular formula is C14H25N3O3. The van der Waals surface area contributed by atoms with Crippen LogP contribution < -0.4 is 10.1 Å². The fourth-order valence-corrected chi connectivity index (χ4v) is 1.91. The number of methoxy groups -OCH3 is 1. The molecule has 0 spiro atoms. The smallest absolute Gasteiger partial charge is 0.314 e. The van der Waals surface area contributed by atoms with Crippen LogP contribution in [0.25, 0.3) is 0 Å². The van der Waals surface area contributed by atoms with Gasteiger partial charge in [-0.15, -0.1) is 0 Å². The quantitative estimate of drug-likeness (QED) is 0.827. The summed E-state index contributed by atoms with van der Waals surface area (Å²) in [4.78, 5) is 14.3. The van der Waals surface area contributed by atoms with Crippen LogP contribution in [0.5, 0.6) is 5.95 Å². The van der Waals surface area contributed by atoms with Crippen molar-refractivity contribution in [1.29, 1.82) is 0 Å². The number of nitrogens with zero attached hydrogens (tertiary/aromatic N) is 2. The van der Waals surface area contributed by atoms with E-state index in [4.69, 9.17) is 9.26 Å². The zero-order chi connectivity index (χ0) is 15.3. The second-order valence-corrected chi connectivity index (χ2v) is 5.48. The lowest BCUT2D eigenvalue weighted by atomic mass is 9.99. The van der Waals surface area contributed by atoms with Crippen LogP contribution in [0.4, 0.5) is 0 Å². The Kier molecular flexibility index (Phi) is 5.56. The van der Waals surface area contributed by atoms with Gasteiger partial charge in [0.1, 0.15) is 0 Å². The number of aromatic nitrogens is 1. The predicted molar refractivity (Wildman–Crippen MR) is 77.1 cm³/mol. The summed E-state index contributed by atoms with van der Waals surface area (Å²) in [6.07, 6.45) is 0.858. The number of ether oxygens (including phenoxy) is 1. The molecule has 0 radical (unpaired) electrons. The second kappa shape index (κ2) is 6.74. The SMILES string of the molecule is CCN(C)C(C)(C)CCNC(=O)c1noc(OC)c1C. The number of amides is 1. The minimum Gasteiger partial charge on any atom is -0.467 e. The van der Waals surface area contributed by atoms with E-state index in [2.05, 4.69) is 43.2 Å². The van der Waals surface area contributed by atoms with Gasteiger partial charge in [-0.2, -0.15) is 0 Å². The van der Waals surface area contributed by atoms with E-state index in [1.54, 1.807) is 6.92 Å². The van der Waals surface area contributed by atoms with Crippen molar-refractivity contribution < 1.29 is 14.1 Å². The maximum Gasteiger partial charge on any atom is 0.314 e. The molecule has 1 N–H and O–H groups in total. The molecule has 0 aliphatic rings. The highest BCUT2D eigenvalue weighted by molar-refractivity contribution is 5.93. The minimum atomic E-state index is -0.232. The number of hydrogen-bond acceptors (Lipinski definition) is 5. The van der Waals surface area contributed by atoms with Gasteiger partial charge in [-0.1, -0.05) is 12.1 Å². The van der Waals surface area contributed by atoms with E-state index in [0.717, 1.165) is 13.0 Å². The average Bonchev–Trinajstić information content (AvgIpc) is 2.78. The van der Waals surface area contributed by atoms with Crippen molar-refractivity contribution in [3.8, 4) is 5.95 Å².